The van der Waals surface area contributed by atoms with E-state index < -0.39 is 0 Å². The number of H-pyrrole nitrogens is 1. The number of ether oxygens (including phenoxy) is 1. The van der Waals surface area contributed by atoms with Gasteiger partial charge in [0.15, 0.2) is 0 Å². The number of benzene rings is 1. The van der Waals surface area contributed by atoms with Gasteiger partial charge in [-0.15, -0.1) is 0 Å². The first-order valence-corrected chi connectivity index (χ1v) is 8.58. The lowest BCUT2D eigenvalue weighted by Gasteiger charge is -2.16. The summed E-state index contributed by atoms with van der Waals surface area (Å²) in [5.74, 6) is 0.533. The summed E-state index contributed by atoms with van der Waals surface area (Å²) in [7, 11) is 1.74. The van der Waals surface area contributed by atoms with Crippen LogP contribution in [0.3, 0.4) is 0 Å². The van der Waals surface area contributed by atoms with Crippen molar-refractivity contribution in [3.8, 4) is 0 Å². The molecule has 1 aromatic carbocycles. The maximum atomic E-state index is 12.1. The van der Waals surface area contributed by atoms with Crippen LogP contribution < -0.4 is 10.6 Å². The average molecular weight is 330 g/mol. The van der Waals surface area contributed by atoms with Crippen LogP contribution in [0.1, 0.15) is 12.8 Å². The fourth-order valence-corrected chi connectivity index (χ4v) is 3.26. The summed E-state index contributed by atoms with van der Waals surface area (Å²) < 4.78 is 5.09. The molecule has 3 N–H and O–H groups in total. The Hall–Kier alpha value is -2.05. The van der Waals surface area contributed by atoms with E-state index in [1.165, 1.54) is 0 Å². The van der Waals surface area contributed by atoms with Crippen LogP contribution in [0.4, 0.5) is 10.5 Å². The highest BCUT2D eigenvalue weighted by Gasteiger charge is 2.22. The molecule has 0 unspecified atom stereocenters. The van der Waals surface area contributed by atoms with Gasteiger partial charge >= 0.3 is 6.03 Å². The zero-order chi connectivity index (χ0) is 16.8. The highest BCUT2D eigenvalue weighted by atomic mass is 16.5. The van der Waals surface area contributed by atoms with E-state index in [2.05, 4.69) is 20.5 Å². The number of methoxy groups -OCH3 is 1. The molecular formula is C18H26N4O2. The normalized spacial score (nSPS) is 18.1. The molecule has 2 heterocycles. The zero-order valence-electron chi connectivity index (χ0n) is 14.2. The standard InChI is InChI=1S/C18H26N4O2/c1-24-10-2-8-22-9-6-14(13-22)12-20-18(23)21-16-3-4-17-15(11-16)5-7-19-17/h3-5,7,11,14,19H,2,6,8-10,12-13H2,1H3,(H2,20,21,23)/t14-/m0/s1. The second kappa shape index (κ2) is 8.17. The van der Waals surface area contributed by atoms with Gasteiger partial charge in [0.1, 0.15) is 0 Å². The molecule has 6 nitrogen and oxygen atoms in total. The molecule has 1 atom stereocenters. The van der Waals surface area contributed by atoms with Crippen LogP contribution in [0.2, 0.25) is 0 Å². The number of fused-ring (bicyclic) bond motifs is 1. The minimum atomic E-state index is -0.136. The Morgan fingerprint density at radius 2 is 2.33 bits per heavy atom. The number of carbonyl (C=O) groups excluding carboxylic acids is 1. The predicted octanol–water partition coefficient (Wildman–Crippen LogP) is 2.65. The molecule has 0 aliphatic carbocycles. The van der Waals surface area contributed by atoms with Gasteiger partial charge in [-0.3, -0.25) is 0 Å². The number of anilines is 1. The zero-order valence-corrected chi connectivity index (χ0v) is 14.2. The third-order valence-corrected chi connectivity index (χ3v) is 4.56. The number of carbonyl (C=O) groups is 1. The summed E-state index contributed by atoms with van der Waals surface area (Å²) in [6, 6.07) is 7.71. The molecule has 1 aliphatic heterocycles. The topological polar surface area (TPSA) is 69.4 Å². The average Bonchev–Trinajstić information content (AvgIpc) is 3.22. The minimum Gasteiger partial charge on any atom is -0.385 e. The number of rotatable bonds is 7. The van der Waals surface area contributed by atoms with E-state index in [0.717, 1.165) is 62.2 Å². The monoisotopic (exact) mass is 330 g/mol. The molecule has 0 saturated carbocycles. The minimum absolute atomic E-state index is 0.136. The number of nitrogens with one attached hydrogen (secondary N) is 3. The second-order valence-electron chi connectivity index (χ2n) is 6.42. The lowest BCUT2D eigenvalue weighted by molar-refractivity contribution is 0.178. The molecule has 1 saturated heterocycles. The van der Waals surface area contributed by atoms with E-state index >= 15 is 0 Å². The highest BCUT2D eigenvalue weighted by molar-refractivity contribution is 5.92. The Morgan fingerprint density at radius 1 is 1.42 bits per heavy atom. The summed E-state index contributed by atoms with van der Waals surface area (Å²) in [6.45, 7) is 4.78. The number of hydrogen-bond acceptors (Lipinski definition) is 3. The molecular weight excluding hydrogens is 304 g/mol. The van der Waals surface area contributed by atoms with Gasteiger partial charge in [-0.1, -0.05) is 0 Å². The maximum Gasteiger partial charge on any atom is 0.319 e. The Bertz CT molecular complexity index is 670. The van der Waals surface area contributed by atoms with E-state index in [1.807, 2.05) is 30.5 Å². The van der Waals surface area contributed by atoms with Gasteiger partial charge < -0.3 is 25.3 Å². The molecule has 1 fully saturated rings. The van der Waals surface area contributed by atoms with Crippen LogP contribution in [0.15, 0.2) is 30.5 Å². The molecule has 1 aliphatic rings. The predicted molar refractivity (Wildman–Crippen MR) is 96.4 cm³/mol. The first kappa shape index (κ1) is 16.8. The number of likely N-dealkylation sites (tertiary alicyclic amines) is 1. The molecule has 130 valence electrons. The summed E-state index contributed by atoms with van der Waals surface area (Å²) >= 11 is 0. The lowest BCUT2D eigenvalue weighted by Crippen LogP contribution is -2.34. The maximum absolute atomic E-state index is 12.1. The van der Waals surface area contributed by atoms with Gasteiger partial charge in [0, 0.05) is 56.1 Å². The van der Waals surface area contributed by atoms with Crippen molar-refractivity contribution >= 4 is 22.6 Å². The number of nitrogens with zero attached hydrogens (tertiary/aromatic N) is 1. The second-order valence-corrected chi connectivity index (χ2v) is 6.42. The van der Waals surface area contributed by atoms with E-state index in [9.17, 15) is 4.79 Å². The Kier molecular flexibility index (Phi) is 5.72. The summed E-state index contributed by atoms with van der Waals surface area (Å²) in [4.78, 5) is 17.7. The Balaban J connectivity index is 1.39. The Labute approximate surface area is 142 Å². The van der Waals surface area contributed by atoms with Crippen LogP contribution in [0, 0.1) is 5.92 Å². The van der Waals surface area contributed by atoms with Crippen LogP contribution in [0.5, 0.6) is 0 Å². The smallest absolute Gasteiger partial charge is 0.319 e. The highest BCUT2D eigenvalue weighted by Crippen LogP contribution is 2.18. The largest absolute Gasteiger partial charge is 0.385 e. The molecule has 24 heavy (non-hydrogen) atoms. The van der Waals surface area contributed by atoms with Crippen molar-refractivity contribution in [2.24, 2.45) is 5.92 Å². The van der Waals surface area contributed by atoms with Crippen LogP contribution in [-0.4, -0.2) is 55.8 Å². The molecule has 0 radical (unpaired) electrons. The third kappa shape index (κ3) is 4.49. The molecule has 0 bridgehead atoms. The number of hydrogen-bond donors (Lipinski definition) is 3. The SMILES string of the molecule is COCCCN1CC[C@@H](CNC(=O)Nc2ccc3[nH]ccc3c2)C1. The van der Waals surface area contributed by atoms with Crippen molar-refractivity contribution in [2.45, 2.75) is 12.8 Å². The summed E-state index contributed by atoms with van der Waals surface area (Å²) in [5, 5.41) is 6.99. The molecule has 0 spiro atoms. The Morgan fingerprint density at radius 3 is 3.21 bits per heavy atom. The van der Waals surface area contributed by atoms with E-state index in [4.69, 9.17) is 4.74 Å². The van der Waals surface area contributed by atoms with Crippen molar-refractivity contribution < 1.29 is 9.53 Å². The lowest BCUT2D eigenvalue weighted by atomic mass is 10.1. The number of aromatic amines is 1. The van der Waals surface area contributed by atoms with E-state index in [-0.39, 0.29) is 6.03 Å². The van der Waals surface area contributed by atoms with Crippen LogP contribution >= 0.6 is 0 Å². The summed E-state index contributed by atoms with van der Waals surface area (Å²) in [6.07, 6.45) is 4.11. The van der Waals surface area contributed by atoms with Crippen molar-refractivity contribution in [3.63, 3.8) is 0 Å². The molecule has 3 rings (SSSR count). The molecule has 6 heteroatoms. The van der Waals surface area contributed by atoms with Gasteiger partial charge in [0.05, 0.1) is 0 Å². The van der Waals surface area contributed by atoms with Crippen molar-refractivity contribution in [2.75, 3.05) is 45.2 Å². The van der Waals surface area contributed by atoms with Crippen LogP contribution in [-0.2, 0) is 4.74 Å². The first-order valence-electron chi connectivity index (χ1n) is 8.58. The summed E-state index contributed by atoms with van der Waals surface area (Å²) in [5.41, 5.74) is 1.88. The molecule has 2 aromatic rings. The van der Waals surface area contributed by atoms with E-state index in [1.54, 1.807) is 7.11 Å². The van der Waals surface area contributed by atoms with Crippen LogP contribution in [0.25, 0.3) is 10.9 Å². The van der Waals surface area contributed by atoms with Crippen molar-refractivity contribution in [3.05, 3.63) is 30.5 Å². The van der Waals surface area contributed by atoms with Crippen molar-refractivity contribution in [1.82, 2.24) is 15.2 Å². The van der Waals surface area contributed by atoms with Gasteiger partial charge in [0.2, 0.25) is 0 Å². The van der Waals surface area contributed by atoms with Gasteiger partial charge in [-0.2, -0.15) is 0 Å². The first-order chi connectivity index (χ1) is 11.7. The number of urea groups is 1. The molecule has 2 amide bonds. The number of amides is 2. The third-order valence-electron chi connectivity index (χ3n) is 4.56. The number of aromatic nitrogens is 1. The van der Waals surface area contributed by atoms with Crippen molar-refractivity contribution in [1.29, 1.82) is 0 Å². The fraction of sp³-hybridized carbons (Fsp3) is 0.500. The quantitative estimate of drug-likeness (QED) is 0.684. The van der Waals surface area contributed by atoms with Gasteiger partial charge in [-0.05, 0) is 49.6 Å². The van der Waals surface area contributed by atoms with Gasteiger partial charge in [0.25, 0.3) is 0 Å². The van der Waals surface area contributed by atoms with E-state index in [0.29, 0.717) is 5.92 Å². The fourth-order valence-electron chi connectivity index (χ4n) is 3.26. The van der Waals surface area contributed by atoms with Gasteiger partial charge in [-0.25, -0.2) is 4.79 Å². The molecule has 1 aromatic heterocycles.